The normalized spacial score (nSPS) is 12.6. The van der Waals surface area contributed by atoms with E-state index in [9.17, 15) is 4.79 Å². The molecule has 0 aliphatic carbocycles. The lowest BCUT2D eigenvalue weighted by Crippen LogP contribution is -2.36. The van der Waals surface area contributed by atoms with Crippen molar-refractivity contribution in [3.05, 3.63) is 34.3 Å². The molecule has 0 fully saturated rings. The van der Waals surface area contributed by atoms with Gasteiger partial charge in [0.25, 0.3) is 0 Å². The Balaban J connectivity index is 2.97. The van der Waals surface area contributed by atoms with Crippen LogP contribution < -0.4 is 4.90 Å². The van der Waals surface area contributed by atoms with E-state index in [4.69, 9.17) is 9.84 Å². The molecule has 1 unspecified atom stereocenters. The summed E-state index contributed by atoms with van der Waals surface area (Å²) in [6.07, 6.45) is 2.70. The van der Waals surface area contributed by atoms with Crippen LogP contribution in [0, 0.1) is 0 Å². The molecule has 0 spiro atoms. The molecule has 0 amide bonds. The van der Waals surface area contributed by atoms with Crippen LogP contribution in [0.1, 0.15) is 19.4 Å². The first-order valence-electron chi connectivity index (χ1n) is 6.45. The highest BCUT2D eigenvalue weighted by Crippen LogP contribution is 2.26. The molecule has 0 saturated carbocycles. The van der Waals surface area contributed by atoms with Crippen molar-refractivity contribution in [2.45, 2.75) is 19.9 Å². The number of nitrogens with zero attached hydrogens (tertiary/aromatic N) is 1. The van der Waals surface area contributed by atoms with Crippen molar-refractivity contribution in [1.82, 2.24) is 0 Å². The zero-order valence-corrected chi connectivity index (χ0v) is 13.6. The summed E-state index contributed by atoms with van der Waals surface area (Å²) in [5, 5.41) is 8.65. The van der Waals surface area contributed by atoms with Crippen molar-refractivity contribution in [1.29, 1.82) is 0 Å². The molecule has 0 radical (unpaired) electrons. The molecule has 0 heterocycles. The molecule has 0 saturated heterocycles. The van der Waals surface area contributed by atoms with Crippen LogP contribution in [0.15, 0.2) is 28.7 Å². The molecule has 5 heteroatoms. The van der Waals surface area contributed by atoms with Crippen molar-refractivity contribution in [3.63, 3.8) is 0 Å². The number of halogens is 1. The van der Waals surface area contributed by atoms with E-state index >= 15 is 0 Å². The van der Waals surface area contributed by atoms with E-state index in [-0.39, 0.29) is 6.04 Å². The van der Waals surface area contributed by atoms with Crippen LogP contribution in [0.4, 0.5) is 5.69 Å². The number of hydrogen-bond acceptors (Lipinski definition) is 3. The number of aliphatic carboxylic acids is 1. The van der Waals surface area contributed by atoms with Gasteiger partial charge in [0.05, 0.1) is 6.61 Å². The topological polar surface area (TPSA) is 49.8 Å². The number of carbonyl (C=O) groups is 1. The van der Waals surface area contributed by atoms with Gasteiger partial charge < -0.3 is 14.7 Å². The third-order valence-corrected chi connectivity index (χ3v) is 3.69. The molecule has 1 N–H and O–H groups in total. The first-order chi connectivity index (χ1) is 9.49. The van der Waals surface area contributed by atoms with E-state index in [0.29, 0.717) is 6.61 Å². The number of anilines is 1. The zero-order valence-electron chi connectivity index (χ0n) is 12.0. The summed E-state index contributed by atoms with van der Waals surface area (Å²) in [7, 11) is 1.69. The quantitative estimate of drug-likeness (QED) is 0.772. The monoisotopic (exact) mass is 341 g/mol. The van der Waals surface area contributed by atoms with Crippen LogP contribution in [-0.4, -0.2) is 37.4 Å². The number of rotatable bonds is 7. The van der Waals surface area contributed by atoms with Crippen molar-refractivity contribution < 1.29 is 14.6 Å². The van der Waals surface area contributed by atoms with Crippen LogP contribution in [-0.2, 0) is 9.53 Å². The molecule has 1 rings (SSSR count). The molecule has 1 aromatic rings. The Morgan fingerprint density at radius 3 is 2.75 bits per heavy atom. The summed E-state index contributed by atoms with van der Waals surface area (Å²) in [6, 6.07) is 6.16. The van der Waals surface area contributed by atoms with Gasteiger partial charge in [-0.15, -0.1) is 0 Å². The number of methoxy groups -OCH3 is 1. The fourth-order valence-corrected chi connectivity index (χ4v) is 2.57. The minimum absolute atomic E-state index is 0.275. The van der Waals surface area contributed by atoms with Gasteiger partial charge in [0, 0.05) is 35.9 Å². The Bertz CT molecular complexity index is 488. The van der Waals surface area contributed by atoms with Gasteiger partial charge in [-0.05, 0) is 37.6 Å². The van der Waals surface area contributed by atoms with Crippen molar-refractivity contribution in [2.75, 3.05) is 25.2 Å². The van der Waals surface area contributed by atoms with Crippen LogP contribution in [0.3, 0.4) is 0 Å². The van der Waals surface area contributed by atoms with Gasteiger partial charge in [-0.2, -0.15) is 0 Å². The molecule has 0 aliphatic rings. The van der Waals surface area contributed by atoms with E-state index in [2.05, 4.69) is 34.7 Å². The third kappa shape index (κ3) is 4.65. The molecule has 0 aliphatic heterocycles. The number of hydrogen-bond donors (Lipinski definition) is 1. The molecule has 4 nitrogen and oxygen atoms in total. The van der Waals surface area contributed by atoms with Crippen molar-refractivity contribution >= 4 is 33.7 Å². The number of benzene rings is 1. The summed E-state index contributed by atoms with van der Waals surface area (Å²) in [4.78, 5) is 12.8. The largest absolute Gasteiger partial charge is 0.478 e. The van der Waals surface area contributed by atoms with E-state index in [0.717, 1.165) is 28.3 Å². The fourth-order valence-electron chi connectivity index (χ4n) is 2.07. The van der Waals surface area contributed by atoms with Gasteiger partial charge in [0.2, 0.25) is 0 Å². The summed E-state index contributed by atoms with van der Waals surface area (Å²) in [6.45, 7) is 5.74. The summed E-state index contributed by atoms with van der Waals surface area (Å²) in [5.74, 6) is -0.954. The van der Waals surface area contributed by atoms with E-state index in [1.807, 2.05) is 18.2 Å². The predicted molar refractivity (Wildman–Crippen MR) is 85.2 cm³/mol. The molecule has 110 valence electrons. The zero-order chi connectivity index (χ0) is 15.1. The molecular weight excluding hydrogens is 322 g/mol. The van der Waals surface area contributed by atoms with E-state index in [1.165, 1.54) is 0 Å². The van der Waals surface area contributed by atoms with E-state index in [1.54, 1.807) is 13.2 Å². The lowest BCUT2D eigenvalue weighted by atomic mass is 10.1. The highest BCUT2D eigenvalue weighted by atomic mass is 79.9. The van der Waals surface area contributed by atoms with Gasteiger partial charge >= 0.3 is 5.97 Å². The summed E-state index contributed by atoms with van der Waals surface area (Å²) in [5.41, 5.74) is 1.92. The number of likely N-dealkylation sites (N-methyl/N-ethyl adjacent to an activating group) is 1. The van der Waals surface area contributed by atoms with Gasteiger partial charge in [-0.3, -0.25) is 0 Å². The summed E-state index contributed by atoms with van der Waals surface area (Å²) < 4.78 is 6.07. The van der Waals surface area contributed by atoms with Crippen LogP contribution >= 0.6 is 15.9 Å². The molecule has 1 atom stereocenters. The Morgan fingerprint density at radius 2 is 2.25 bits per heavy atom. The second-order valence-electron chi connectivity index (χ2n) is 4.47. The summed E-state index contributed by atoms with van der Waals surface area (Å²) >= 11 is 3.48. The molecule has 20 heavy (non-hydrogen) atoms. The first-order valence-corrected chi connectivity index (χ1v) is 7.25. The standard InChI is InChI=1S/C15H20BrNO3/c1-4-17(11(2)10-20-3)13-7-5-12(14(16)9-13)6-8-15(18)19/h5-9,11H,4,10H2,1-3H3,(H,18,19)/b8-6+. The van der Waals surface area contributed by atoms with Gasteiger partial charge in [0.1, 0.15) is 0 Å². The molecular formula is C15H20BrNO3. The SMILES string of the molecule is CCN(c1ccc(/C=C/C(=O)O)c(Br)c1)C(C)COC. The highest BCUT2D eigenvalue weighted by molar-refractivity contribution is 9.10. The van der Waals surface area contributed by atoms with Crippen molar-refractivity contribution in [3.8, 4) is 0 Å². The minimum Gasteiger partial charge on any atom is -0.478 e. The second-order valence-corrected chi connectivity index (χ2v) is 5.32. The molecule has 0 bridgehead atoms. The Hall–Kier alpha value is -1.33. The lowest BCUT2D eigenvalue weighted by Gasteiger charge is -2.30. The number of ether oxygens (including phenoxy) is 1. The van der Waals surface area contributed by atoms with Gasteiger partial charge in [-0.25, -0.2) is 4.79 Å². The fraction of sp³-hybridized carbons (Fsp3) is 0.400. The lowest BCUT2D eigenvalue weighted by molar-refractivity contribution is -0.131. The highest BCUT2D eigenvalue weighted by Gasteiger charge is 2.13. The average molecular weight is 342 g/mol. The average Bonchev–Trinajstić information content (AvgIpc) is 2.38. The third-order valence-electron chi connectivity index (χ3n) is 3.00. The maximum atomic E-state index is 10.5. The van der Waals surface area contributed by atoms with E-state index < -0.39 is 5.97 Å². The van der Waals surface area contributed by atoms with Gasteiger partial charge in [-0.1, -0.05) is 22.0 Å². The second kappa shape index (κ2) is 8.07. The Kier molecular flexibility index (Phi) is 6.75. The predicted octanol–water partition coefficient (Wildman–Crippen LogP) is 3.41. The smallest absolute Gasteiger partial charge is 0.328 e. The maximum absolute atomic E-state index is 10.5. The number of carboxylic acid groups (broad SMARTS) is 1. The first kappa shape index (κ1) is 16.7. The molecule has 1 aromatic carbocycles. The van der Waals surface area contributed by atoms with Crippen LogP contribution in [0.25, 0.3) is 6.08 Å². The van der Waals surface area contributed by atoms with Gasteiger partial charge in [0.15, 0.2) is 0 Å². The molecule has 0 aromatic heterocycles. The van der Waals surface area contributed by atoms with Crippen LogP contribution in [0.5, 0.6) is 0 Å². The Labute approximate surface area is 128 Å². The van der Waals surface area contributed by atoms with Crippen molar-refractivity contribution in [2.24, 2.45) is 0 Å². The minimum atomic E-state index is -0.954. The maximum Gasteiger partial charge on any atom is 0.328 e. The Morgan fingerprint density at radius 1 is 1.55 bits per heavy atom. The van der Waals surface area contributed by atoms with Crippen LogP contribution in [0.2, 0.25) is 0 Å². The number of carboxylic acids is 1.